The molecule has 2 N–H and O–H groups in total. The molecule has 4 rings (SSSR count). The third-order valence-electron chi connectivity index (χ3n) is 9.84. The van der Waals surface area contributed by atoms with Gasteiger partial charge >= 0.3 is 11.9 Å². The van der Waals surface area contributed by atoms with E-state index in [1.807, 2.05) is 13.0 Å². The van der Waals surface area contributed by atoms with Crippen LogP contribution in [-0.4, -0.2) is 52.4 Å². The number of hydrogen-bond donors (Lipinski definition) is 2. The zero-order chi connectivity index (χ0) is 28.8. The highest BCUT2D eigenvalue weighted by Gasteiger charge is 2.76. The summed E-state index contributed by atoms with van der Waals surface area (Å²) in [6, 6.07) is 0. The lowest BCUT2D eigenvalue weighted by Gasteiger charge is -2.48. The molecule has 0 unspecified atom stereocenters. The Kier molecular flexibility index (Phi) is 8.17. The Morgan fingerprint density at radius 1 is 1.21 bits per heavy atom. The molecule has 0 aromatic carbocycles. The summed E-state index contributed by atoms with van der Waals surface area (Å²) in [5, 5.41) is 24.3. The number of ketones is 1. The van der Waals surface area contributed by atoms with Crippen LogP contribution in [0.4, 0.5) is 0 Å². The molecule has 1 spiro atoms. The number of fused-ring (bicyclic) bond motifs is 3. The van der Waals surface area contributed by atoms with Crippen LogP contribution in [0, 0.1) is 34.5 Å². The molecule has 2 bridgehead atoms. The number of carbonyl (C=O) groups excluding carboxylic acids is 3. The van der Waals surface area contributed by atoms with Crippen molar-refractivity contribution in [1.82, 2.24) is 0 Å². The normalized spacial score (nSPS) is 38.4. The summed E-state index contributed by atoms with van der Waals surface area (Å²) in [7, 11) is 0. The molecule has 0 heterocycles. The summed E-state index contributed by atoms with van der Waals surface area (Å²) in [6.07, 6.45) is 12.3. The van der Waals surface area contributed by atoms with Crippen molar-refractivity contribution >= 4 is 17.7 Å². The van der Waals surface area contributed by atoms with Crippen molar-refractivity contribution in [2.24, 2.45) is 34.5 Å². The third kappa shape index (κ3) is 4.76. The maximum Gasteiger partial charge on any atom is 0.331 e. The maximum atomic E-state index is 14.5. The molecule has 0 aromatic rings. The van der Waals surface area contributed by atoms with Crippen LogP contribution in [0.1, 0.15) is 73.6 Å². The lowest BCUT2D eigenvalue weighted by atomic mass is 9.59. The smallest absolute Gasteiger partial charge is 0.331 e. The molecule has 0 aromatic heterocycles. The van der Waals surface area contributed by atoms with Gasteiger partial charge in [-0.05, 0) is 60.5 Å². The molecule has 4 aliphatic rings. The SMILES string of the molecule is CCCCCC=CC=CC(=O)O[C@H]1C(C)=C[C@]23C(=O)[C@@H](C=C(COC(C)=O)[C@@H](O)[C@]12O)[C@H]1[C@@H](C[C@H]3C)C1(C)C. The molecule has 8 atom stereocenters. The van der Waals surface area contributed by atoms with E-state index in [1.165, 1.54) is 13.0 Å². The van der Waals surface area contributed by atoms with E-state index in [0.29, 0.717) is 12.0 Å². The molecule has 0 saturated heterocycles. The zero-order valence-corrected chi connectivity index (χ0v) is 24.1. The zero-order valence-electron chi connectivity index (χ0n) is 24.1. The average Bonchev–Trinajstić information content (AvgIpc) is 3.36. The first-order valence-corrected chi connectivity index (χ1v) is 14.4. The molecular weight excluding hydrogens is 496 g/mol. The second-order valence-corrected chi connectivity index (χ2v) is 12.6. The predicted molar refractivity (Wildman–Crippen MR) is 147 cm³/mol. The van der Waals surface area contributed by atoms with E-state index < -0.39 is 41.1 Å². The second kappa shape index (κ2) is 10.8. The summed E-state index contributed by atoms with van der Waals surface area (Å²) in [6.45, 7) is 11.1. The summed E-state index contributed by atoms with van der Waals surface area (Å²) >= 11 is 0. The van der Waals surface area contributed by atoms with E-state index >= 15 is 0 Å². The Morgan fingerprint density at radius 3 is 2.59 bits per heavy atom. The number of allylic oxidation sites excluding steroid dienone is 4. The number of ether oxygens (including phenoxy) is 2. The van der Waals surface area contributed by atoms with Gasteiger partial charge in [0.15, 0.2) is 17.5 Å². The molecule has 7 nitrogen and oxygen atoms in total. The average molecular weight is 541 g/mol. The van der Waals surface area contributed by atoms with E-state index in [9.17, 15) is 24.6 Å². The van der Waals surface area contributed by atoms with Gasteiger partial charge in [-0.3, -0.25) is 9.59 Å². The van der Waals surface area contributed by atoms with Crippen molar-refractivity contribution in [3.63, 3.8) is 0 Å². The number of hydrogen-bond acceptors (Lipinski definition) is 7. The molecule has 214 valence electrons. The fraction of sp³-hybridized carbons (Fsp3) is 0.656. The van der Waals surface area contributed by atoms with Crippen LogP contribution < -0.4 is 0 Å². The quantitative estimate of drug-likeness (QED) is 0.144. The summed E-state index contributed by atoms with van der Waals surface area (Å²) < 4.78 is 11.1. The van der Waals surface area contributed by atoms with Crippen LogP contribution in [-0.2, 0) is 23.9 Å². The van der Waals surface area contributed by atoms with Crippen molar-refractivity contribution in [2.75, 3.05) is 6.61 Å². The Bertz CT molecular complexity index is 1130. The highest BCUT2D eigenvalue weighted by molar-refractivity contribution is 5.95. The lowest BCUT2D eigenvalue weighted by Crippen LogP contribution is -2.65. The van der Waals surface area contributed by atoms with Gasteiger partial charge in [0.2, 0.25) is 0 Å². The number of Topliss-reactive ketones (excluding diaryl/α,β-unsaturated/α-hetero) is 1. The van der Waals surface area contributed by atoms with Gasteiger partial charge in [-0.15, -0.1) is 0 Å². The van der Waals surface area contributed by atoms with Crippen LogP contribution in [0.2, 0.25) is 0 Å². The molecular formula is C32H44O7. The first-order chi connectivity index (χ1) is 18.3. The third-order valence-corrected chi connectivity index (χ3v) is 9.84. The molecule has 4 aliphatic carbocycles. The number of carbonyl (C=O) groups is 3. The Morgan fingerprint density at radius 2 is 1.92 bits per heavy atom. The van der Waals surface area contributed by atoms with Crippen LogP contribution in [0.25, 0.3) is 0 Å². The largest absolute Gasteiger partial charge is 0.461 e. The van der Waals surface area contributed by atoms with Gasteiger partial charge in [0.1, 0.15) is 12.7 Å². The monoisotopic (exact) mass is 540 g/mol. The fourth-order valence-electron chi connectivity index (χ4n) is 7.74. The minimum absolute atomic E-state index is 0.0519. The molecule has 0 aliphatic heterocycles. The minimum Gasteiger partial charge on any atom is -0.461 e. The first-order valence-electron chi connectivity index (χ1n) is 14.4. The maximum absolute atomic E-state index is 14.5. The van der Waals surface area contributed by atoms with Crippen LogP contribution in [0.15, 0.2) is 47.6 Å². The van der Waals surface area contributed by atoms with E-state index in [2.05, 4.69) is 20.8 Å². The minimum atomic E-state index is -2.14. The Hall–Kier alpha value is -2.51. The summed E-state index contributed by atoms with van der Waals surface area (Å²) in [5.74, 6) is -1.92. The molecule has 0 radical (unpaired) electrons. The highest BCUT2D eigenvalue weighted by atomic mass is 16.6. The number of unbranched alkanes of at least 4 members (excludes halogenated alkanes) is 3. The van der Waals surface area contributed by atoms with E-state index in [0.717, 1.165) is 25.7 Å². The molecule has 7 heteroatoms. The number of aliphatic hydroxyl groups excluding tert-OH is 1. The van der Waals surface area contributed by atoms with Crippen LogP contribution >= 0.6 is 0 Å². The van der Waals surface area contributed by atoms with Crippen molar-refractivity contribution in [3.05, 3.63) is 47.6 Å². The fourth-order valence-corrected chi connectivity index (χ4v) is 7.74. The van der Waals surface area contributed by atoms with Gasteiger partial charge in [-0.1, -0.05) is 70.9 Å². The van der Waals surface area contributed by atoms with Crippen molar-refractivity contribution in [3.8, 4) is 0 Å². The van der Waals surface area contributed by atoms with Gasteiger partial charge in [0, 0.05) is 18.9 Å². The number of esters is 2. The van der Waals surface area contributed by atoms with Gasteiger partial charge < -0.3 is 19.7 Å². The van der Waals surface area contributed by atoms with Crippen LogP contribution in [0.5, 0.6) is 0 Å². The lowest BCUT2D eigenvalue weighted by molar-refractivity contribution is -0.201. The van der Waals surface area contributed by atoms with E-state index in [4.69, 9.17) is 9.47 Å². The van der Waals surface area contributed by atoms with Gasteiger partial charge in [-0.2, -0.15) is 0 Å². The molecule has 0 amide bonds. The molecule has 2 fully saturated rings. The first kappa shape index (κ1) is 29.5. The van der Waals surface area contributed by atoms with Crippen molar-refractivity contribution in [2.45, 2.75) is 91.5 Å². The van der Waals surface area contributed by atoms with Crippen LogP contribution in [0.3, 0.4) is 0 Å². The molecule has 39 heavy (non-hydrogen) atoms. The van der Waals surface area contributed by atoms with Gasteiger partial charge in [0.05, 0.1) is 5.41 Å². The predicted octanol–water partition coefficient (Wildman–Crippen LogP) is 4.63. The Balaban J connectivity index is 1.69. The van der Waals surface area contributed by atoms with Crippen molar-refractivity contribution in [1.29, 1.82) is 0 Å². The topological polar surface area (TPSA) is 110 Å². The van der Waals surface area contributed by atoms with E-state index in [1.54, 1.807) is 31.2 Å². The number of aliphatic hydroxyl groups is 2. The standard InChI is InChI=1S/C32H44O7/c1-7-8-9-10-11-12-13-14-25(34)39-29-19(2)17-31-20(3)15-24-26(30(24,5)6)23(28(31)36)16-22(18-38-21(4)33)27(35)32(29,31)37/h11-14,16-17,20,23-24,26-27,29,35,37H,7-10,15,18H2,1-6H3/t20-,23+,24-,26+,27-,29+,31+,32+/m1/s1. The van der Waals surface area contributed by atoms with Gasteiger partial charge in [0.25, 0.3) is 0 Å². The summed E-state index contributed by atoms with van der Waals surface area (Å²) in [5.41, 5.74) is -2.87. The van der Waals surface area contributed by atoms with E-state index in [-0.39, 0.29) is 41.1 Å². The van der Waals surface area contributed by atoms with Crippen molar-refractivity contribution < 1.29 is 34.1 Å². The highest BCUT2D eigenvalue weighted by Crippen LogP contribution is 2.71. The Labute approximate surface area is 232 Å². The number of rotatable bonds is 9. The molecule has 2 saturated carbocycles. The van der Waals surface area contributed by atoms with Gasteiger partial charge in [-0.25, -0.2) is 4.79 Å². The second-order valence-electron chi connectivity index (χ2n) is 12.6. The summed E-state index contributed by atoms with van der Waals surface area (Å²) in [4.78, 5) is 39.1.